The van der Waals surface area contributed by atoms with Crippen molar-refractivity contribution < 1.29 is 9.18 Å². The Hall–Kier alpha value is -1.75. The number of carbonyl (C=O) groups is 1. The van der Waals surface area contributed by atoms with E-state index in [1.165, 1.54) is 12.1 Å². The van der Waals surface area contributed by atoms with Crippen molar-refractivity contribution in [3.05, 3.63) is 51.7 Å². The van der Waals surface area contributed by atoms with Gasteiger partial charge in [-0.05, 0) is 23.6 Å². The Morgan fingerprint density at radius 1 is 1.33 bits per heavy atom. The first-order chi connectivity index (χ1) is 10.0. The van der Waals surface area contributed by atoms with Gasteiger partial charge in [0.05, 0.1) is 10.7 Å². The predicted molar refractivity (Wildman–Crippen MR) is 82.8 cm³/mol. The van der Waals surface area contributed by atoms with Crippen LogP contribution in [0.3, 0.4) is 0 Å². The van der Waals surface area contributed by atoms with Gasteiger partial charge in [0.2, 0.25) is 5.91 Å². The summed E-state index contributed by atoms with van der Waals surface area (Å²) in [6.07, 6.45) is 1.08. The number of aromatic nitrogens is 1. The molecule has 112 valence electrons. The minimum absolute atomic E-state index is 0.0133. The molecule has 0 aliphatic rings. The maximum Gasteiger partial charge on any atom is 0.220 e. The standard InChI is InChI=1S/C16H19FN2OS/c1-11(2)14-10-21-16(19-14)8-7-15(20)18-9-12-3-5-13(17)6-4-12/h3-6,10-11H,7-9H2,1-2H3,(H,18,20). The molecule has 0 aliphatic heterocycles. The van der Waals surface area contributed by atoms with Crippen molar-refractivity contribution in [2.24, 2.45) is 0 Å². The molecule has 0 saturated heterocycles. The third-order valence-electron chi connectivity index (χ3n) is 3.13. The minimum Gasteiger partial charge on any atom is -0.352 e. The molecule has 0 fully saturated rings. The van der Waals surface area contributed by atoms with Crippen LogP contribution < -0.4 is 5.32 Å². The van der Waals surface area contributed by atoms with Crippen molar-refractivity contribution in [3.63, 3.8) is 0 Å². The minimum atomic E-state index is -0.269. The third-order valence-corrected chi connectivity index (χ3v) is 4.06. The first-order valence-electron chi connectivity index (χ1n) is 7.00. The molecule has 0 atom stereocenters. The molecule has 1 heterocycles. The van der Waals surface area contributed by atoms with E-state index < -0.39 is 0 Å². The van der Waals surface area contributed by atoms with Gasteiger partial charge in [-0.2, -0.15) is 0 Å². The molecular formula is C16H19FN2OS. The Morgan fingerprint density at radius 2 is 2.05 bits per heavy atom. The van der Waals surface area contributed by atoms with E-state index in [9.17, 15) is 9.18 Å². The zero-order valence-electron chi connectivity index (χ0n) is 12.2. The van der Waals surface area contributed by atoms with E-state index in [4.69, 9.17) is 0 Å². The number of benzene rings is 1. The summed E-state index contributed by atoms with van der Waals surface area (Å²) in [6.45, 7) is 4.64. The monoisotopic (exact) mass is 306 g/mol. The van der Waals surface area contributed by atoms with Crippen LogP contribution in [0.4, 0.5) is 4.39 Å². The van der Waals surface area contributed by atoms with E-state index in [-0.39, 0.29) is 11.7 Å². The van der Waals surface area contributed by atoms with Crippen LogP contribution in [0.15, 0.2) is 29.6 Å². The highest BCUT2D eigenvalue weighted by Crippen LogP contribution is 2.18. The average Bonchev–Trinajstić information content (AvgIpc) is 2.93. The Labute approximate surface area is 128 Å². The van der Waals surface area contributed by atoms with Crippen LogP contribution in [0.2, 0.25) is 0 Å². The Balaban J connectivity index is 1.75. The molecule has 1 amide bonds. The number of nitrogens with zero attached hydrogens (tertiary/aromatic N) is 1. The maximum atomic E-state index is 12.8. The molecule has 1 aromatic heterocycles. The summed E-state index contributed by atoms with van der Waals surface area (Å²) in [6, 6.07) is 6.13. The first-order valence-corrected chi connectivity index (χ1v) is 7.88. The topological polar surface area (TPSA) is 42.0 Å². The van der Waals surface area contributed by atoms with Gasteiger partial charge in [-0.15, -0.1) is 11.3 Å². The largest absolute Gasteiger partial charge is 0.352 e. The molecule has 0 saturated carbocycles. The fourth-order valence-electron chi connectivity index (χ4n) is 1.82. The molecule has 0 aliphatic carbocycles. The second-order valence-electron chi connectivity index (χ2n) is 5.22. The molecule has 2 aromatic rings. The number of aryl methyl sites for hydroxylation is 1. The zero-order valence-corrected chi connectivity index (χ0v) is 13.0. The van der Waals surface area contributed by atoms with Crippen LogP contribution in [0.5, 0.6) is 0 Å². The van der Waals surface area contributed by atoms with Gasteiger partial charge >= 0.3 is 0 Å². The first kappa shape index (κ1) is 15.6. The van der Waals surface area contributed by atoms with Crippen molar-refractivity contribution in [3.8, 4) is 0 Å². The number of rotatable bonds is 6. The maximum absolute atomic E-state index is 12.8. The number of halogens is 1. The average molecular weight is 306 g/mol. The SMILES string of the molecule is CC(C)c1csc(CCC(=O)NCc2ccc(F)cc2)n1. The number of thiazole rings is 1. The Kier molecular flexibility index (Phi) is 5.44. The Bertz CT molecular complexity index is 593. The van der Waals surface area contributed by atoms with E-state index >= 15 is 0 Å². The molecule has 0 radical (unpaired) electrons. The third kappa shape index (κ3) is 4.93. The lowest BCUT2D eigenvalue weighted by Crippen LogP contribution is -2.22. The molecule has 0 spiro atoms. The van der Waals surface area contributed by atoms with Gasteiger partial charge in [0.15, 0.2) is 0 Å². The number of hydrogen-bond acceptors (Lipinski definition) is 3. The van der Waals surface area contributed by atoms with Gasteiger partial charge in [0.25, 0.3) is 0 Å². The molecule has 5 heteroatoms. The summed E-state index contributed by atoms with van der Waals surface area (Å²) in [4.78, 5) is 16.3. The highest BCUT2D eigenvalue weighted by Gasteiger charge is 2.08. The smallest absolute Gasteiger partial charge is 0.220 e. The van der Waals surface area contributed by atoms with E-state index in [1.54, 1.807) is 23.5 Å². The molecular weight excluding hydrogens is 287 g/mol. The summed E-state index contributed by atoms with van der Waals surface area (Å²) < 4.78 is 12.8. The van der Waals surface area contributed by atoms with E-state index in [2.05, 4.69) is 29.5 Å². The molecule has 0 bridgehead atoms. The van der Waals surface area contributed by atoms with Crippen LogP contribution in [-0.4, -0.2) is 10.9 Å². The van der Waals surface area contributed by atoms with Gasteiger partial charge in [-0.3, -0.25) is 4.79 Å². The van der Waals surface area contributed by atoms with E-state index in [1.807, 2.05) is 0 Å². The number of hydrogen-bond donors (Lipinski definition) is 1. The quantitative estimate of drug-likeness (QED) is 0.885. The second-order valence-corrected chi connectivity index (χ2v) is 6.17. The Morgan fingerprint density at radius 3 is 2.67 bits per heavy atom. The second kappa shape index (κ2) is 7.31. The fraction of sp³-hybridized carbons (Fsp3) is 0.375. The number of nitrogens with one attached hydrogen (secondary N) is 1. The van der Waals surface area contributed by atoms with Crippen molar-refractivity contribution in [1.82, 2.24) is 10.3 Å². The predicted octanol–water partition coefficient (Wildman–Crippen LogP) is 3.65. The molecule has 0 unspecified atom stereocenters. The molecule has 21 heavy (non-hydrogen) atoms. The van der Waals surface area contributed by atoms with Crippen LogP contribution >= 0.6 is 11.3 Å². The van der Waals surface area contributed by atoms with Gasteiger partial charge < -0.3 is 5.32 Å². The molecule has 2 rings (SSSR count). The lowest BCUT2D eigenvalue weighted by atomic mass is 10.2. The van der Waals surface area contributed by atoms with Crippen molar-refractivity contribution in [1.29, 1.82) is 0 Å². The summed E-state index contributed by atoms with van der Waals surface area (Å²) in [7, 11) is 0. The molecule has 1 N–H and O–H groups in total. The van der Waals surface area contributed by atoms with Crippen molar-refractivity contribution >= 4 is 17.2 Å². The van der Waals surface area contributed by atoms with Crippen LogP contribution in [0.1, 0.15) is 42.5 Å². The van der Waals surface area contributed by atoms with E-state index in [0.29, 0.717) is 25.3 Å². The van der Waals surface area contributed by atoms with Gasteiger partial charge in [0.1, 0.15) is 5.82 Å². The van der Waals surface area contributed by atoms with Gasteiger partial charge in [-0.25, -0.2) is 9.37 Å². The lowest BCUT2D eigenvalue weighted by molar-refractivity contribution is -0.121. The lowest BCUT2D eigenvalue weighted by Gasteiger charge is -2.04. The fourth-order valence-corrected chi connectivity index (χ4v) is 2.78. The molecule has 3 nitrogen and oxygen atoms in total. The van der Waals surface area contributed by atoms with Gasteiger partial charge in [-0.1, -0.05) is 26.0 Å². The van der Waals surface area contributed by atoms with Crippen LogP contribution in [-0.2, 0) is 17.8 Å². The highest BCUT2D eigenvalue weighted by atomic mass is 32.1. The van der Waals surface area contributed by atoms with Gasteiger partial charge in [0, 0.05) is 24.8 Å². The summed E-state index contributed by atoms with van der Waals surface area (Å²) in [5, 5.41) is 5.88. The normalized spacial score (nSPS) is 10.9. The molecule has 1 aromatic carbocycles. The summed E-state index contributed by atoms with van der Waals surface area (Å²) in [5.41, 5.74) is 1.97. The zero-order chi connectivity index (χ0) is 15.2. The van der Waals surface area contributed by atoms with Crippen molar-refractivity contribution in [2.75, 3.05) is 0 Å². The summed E-state index contributed by atoms with van der Waals surface area (Å²) in [5.74, 6) is 0.137. The van der Waals surface area contributed by atoms with Crippen LogP contribution in [0, 0.1) is 5.82 Å². The summed E-state index contributed by atoms with van der Waals surface area (Å²) >= 11 is 1.60. The van der Waals surface area contributed by atoms with E-state index in [0.717, 1.165) is 16.3 Å². The number of carbonyl (C=O) groups excluding carboxylic acids is 1. The number of amides is 1. The van der Waals surface area contributed by atoms with Crippen LogP contribution in [0.25, 0.3) is 0 Å². The van der Waals surface area contributed by atoms with Crippen molar-refractivity contribution in [2.45, 2.75) is 39.2 Å². The highest BCUT2D eigenvalue weighted by molar-refractivity contribution is 7.09.